The van der Waals surface area contributed by atoms with Crippen LogP contribution in [0.5, 0.6) is 5.75 Å². The maximum Gasteiger partial charge on any atom is 0.343 e. The molecule has 0 unspecified atom stereocenters. The second kappa shape index (κ2) is 5.35. The Morgan fingerprint density at radius 3 is 2.60 bits per heavy atom. The number of hydrogen-bond donors (Lipinski definition) is 1. The van der Waals surface area contributed by atoms with Gasteiger partial charge in [-0.25, -0.2) is 9.18 Å². The molecule has 0 fully saturated rings. The van der Waals surface area contributed by atoms with Crippen molar-refractivity contribution in [3.63, 3.8) is 0 Å². The Balaban J connectivity index is 2.28. The lowest BCUT2D eigenvalue weighted by atomic mass is 10.2. The number of hydrogen-bond acceptors (Lipinski definition) is 5. The van der Waals surface area contributed by atoms with Crippen LogP contribution in [-0.2, 0) is 0 Å². The summed E-state index contributed by atoms with van der Waals surface area (Å²) in [5.74, 6) is -1.86. The van der Waals surface area contributed by atoms with Crippen molar-refractivity contribution in [2.45, 2.75) is 0 Å². The first-order valence-electron chi connectivity index (χ1n) is 5.49. The van der Waals surface area contributed by atoms with E-state index in [-0.39, 0.29) is 17.0 Å². The number of esters is 1. The van der Waals surface area contributed by atoms with Gasteiger partial charge in [0, 0.05) is 6.07 Å². The van der Waals surface area contributed by atoms with Crippen molar-refractivity contribution >= 4 is 17.3 Å². The van der Waals surface area contributed by atoms with E-state index in [4.69, 9.17) is 10.5 Å². The average molecular weight is 276 g/mol. The topological polar surface area (TPSA) is 95.5 Å². The van der Waals surface area contributed by atoms with Crippen LogP contribution in [0.3, 0.4) is 0 Å². The molecule has 0 atom stereocenters. The summed E-state index contributed by atoms with van der Waals surface area (Å²) in [6.07, 6.45) is 0. The van der Waals surface area contributed by atoms with E-state index >= 15 is 0 Å². The van der Waals surface area contributed by atoms with Crippen molar-refractivity contribution in [3.05, 3.63) is 64.0 Å². The van der Waals surface area contributed by atoms with Gasteiger partial charge in [-0.3, -0.25) is 10.1 Å². The van der Waals surface area contributed by atoms with Gasteiger partial charge < -0.3 is 10.5 Å². The summed E-state index contributed by atoms with van der Waals surface area (Å²) < 4.78 is 18.2. The van der Waals surface area contributed by atoms with E-state index in [0.717, 1.165) is 12.1 Å². The van der Waals surface area contributed by atoms with Crippen LogP contribution < -0.4 is 10.5 Å². The minimum atomic E-state index is -0.904. The Labute approximate surface area is 112 Å². The molecule has 2 aromatic carbocycles. The summed E-state index contributed by atoms with van der Waals surface area (Å²) in [4.78, 5) is 21.8. The molecule has 0 aromatic heterocycles. The standard InChI is InChI=1S/C13H9FN2O4/c14-9-3-1-2-4-12(9)20-13(17)8-5-6-10(15)11(7-8)16(18)19/h1-7H,15H2. The van der Waals surface area contributed by atoms with Crippen molar-refractivity contribution in [3.8, 4) is 5.75 Å². The molecule has 0 saturated carbocycles. The molecule has 7 heteroatoms. The first-order chi connectivity index (χ1) is 9.49. The number of nitro groups is 1. The third kappa shape index (κ3) is 2.72. The van der Waals surface area contributed by atoms with Gasteiger partial charge in [0.2, 0.25) is 0 Å². The molecule has 20 heavy (non-hydrogen) atoms. The van der Waals surface area contributed by atoms with E-state index in [2.05, 4.69) is 0 Å². The van der Waals surface area contributed by atoms with Gasteiger partial charge in [0.05, 0.1) is 10.5 Å². The quantitative estimate of drug-likeness (QED) is 0.305. The Hall–Kier alpha value is -2.96. The van der Waals surface area contributed by atoms with Crippen LogP contribution in [-0.4, -0.2) is 10.9 Å². The number of ether oxygens (including phenoxy) is 1. The van der Waals surface area contributed by atoms with E-state index in [1.165, 1.54) is 30.3 Å². The van der Waals surface area contributed by atoms with Crippen molar-refractivity contribution in [1.82, 2.24) is 0 Å². The maximum atomic E-state index is 13.3. The number of halogens is 1. The number of nitrogens with two attached hydrogens (primary N) is 1. The van der Waals surface area contributed by atoms with Crippen LogP contribution in [0.2, 0.25) is 0 Å². The Morgan fingerprint density at radius 1 is 1.25 bits per heavy atom. The minimum absolute atomic E-state index is 0.0718. The van der Waals surface area contributed by atoms with Crippen molar-refractivity contribution in [2.24, 2.45) is 0 Å². The minimum Gasteiger partial charge on any atom is -0.420 e. The molecule has 6 nitrogen and oxygen atoms in total. The van der Waals surface area contributed by atoms with Gasteiger partial charge in [-0.05, 0) is 24.3 Å². The molecular formula is C13H9FN2O4. The number of carbonyl (C=O) groups is 1. The SMILES string of the molecule is Nc1ccc(C(=O)Oc2ccccc2F)cc1[N+](=O)[O-]. The fourth-order valence-corrected chi connectivity index (χ4v) is 1.52. The molecule has 2 rings (SSSR count). The first kappa shape index (κ1) is 13.5. The smallest absolute Gasteiger partial charge is 0.343 e. The predicted octanol–water partition coefficient (Wildman–Crippen LogP) is 2.54. The van der Waals surface area contributed by atoms with Crippen LogP contribution in [0.1, 0.15) is 10.4 Å². The molecule has 0 spiro atoms. The Morgan fingerprint density at radius 2 is 1.95 bits per heavy atom. The molecule has 0 radical (unpaired) electrons. The summed E-state index contributed by atoms with van der Waals surface area (Å²) in [5.41, 5.74) is 4.84. The fraction of sp³-hybridized carbons (Fsp3) is 0. The second-order valence-electron chi connectivity index (χ2n) is 3.85. The summed E-state index contributed by atoms with van der Waals surface area (Å²) >= 11 is 0. The molecule has 2 aromatic rings. The average Bonchev–Trinajstić information content (AvgIpc) is 2.41. The summed E-state index contributed by atoms with van der Waals surface area (Å²) in [6, 6.07) is 8.82. The molecular weight excluding hydrogens is 267 g/mol. The van der Waals surface area contributed by atoms with E-state index in [0.29, 0.717) is 0 Å². The third-order valence-electron chi connectivity index (χ3n) is 2.50. The van der Waals surface area contributed by atoms with E-state index in [9.17, 15) is 19.3 Å². The summed E-state index contributed by atoms with van der Waals surface area (Å²) in [7, 11) is 0. The lowest BCUT2D eigenvalue weighted by Crippen LogP contribution is -2.10. The highest BCUT2D eigenvalue weighted by Crippen LogP contribution is 2.24. The van der Waals surface area contributed by atoms with Gasteiger partial charge >= 0.3 is 5.97 Å². The van der Waals surface area contributed by atoms with Crippen LogP contribution in [0.15, 0.2) is 42.5 Å². The molecule has 102 valence electrons. The highest BCUT2D eigenvalue weighted by molar-refractivity contribution is 5.92. The monoisotopic (exact) mass is 276 g/mol. The number of nitrogens with zero attached hydrogens (tertiary/aromatic N) is 1. The number of anilines is 1. The molecule has 0 aliphatic heterocycles. The van der Waals surface area contributed by atoms with E-state index in [1.807, 2.05) is 0 Å². The number of carbonyl (C=O) groups excluding carboxylic acids is 1. The third-order valence-corrected chi connectivity index (χ3v) is 2.50. The molecule has 0 aliphatic carbocycles. The molecule has 0 aliphatic rings. The Kier molecular flexibility index (Phi) is 3.60. The zero-order valence-corrected chi connectivity index (χ0v) is 10.1. The van der Waals surface area contributed by atoms with Gasteiger partial charge in [0.25, 0.3) is 5.69 Å². The summed E-state index contributed by atoms with van der Waals surface area (Å²) in [6.45, 7) is 0. The Bertz CT molecular complexity index is 688. The van der Waals surface area contributed by atoms with Crippen LogP contribution in [0, 0.1) is 15.9 Å². The normalized spacial score (nSPS) is 10.1. The first-order valence-corrected chi connectivity index (χ1v) is 5.49. The zero-order valence-electron chi connectivity index (χ0n) is 10.1. The highest BCUT2D eigenvalue weighted by Gasteiger charge is 2.17. The molecule has 0 amide bonds. The van der Waals surface area contributed by atoms with Crippen molar-refractivity contribution in [2.75, 3.05) is 5.73 Å². The number of benzene rings is 2. The maximum absolute atomic E-state index is 13.3. The molecule has 0 saturated heterocycles. The van der Waals surface area contributed by atoms with Crippen molar-refractivity contribution < 1.29 is 18.8 Å². The highest BCUT2D eigenvalue weighted by atomic mass is 19.1. The van der Waals surface area contributed by atoms with Gasteiger partial charge in [-0.1, -0.05) is 12.1 Å². The van der Waals surface area contributed by atoms with Crippen LogP contribution in [0.25, 0.3) is 0 Å². The van der Waals surface area contributed by atoms with Gasteiger partial charge in [-0.15, -0.1) is 0 Å². The molecule has 0 heterocycles. The number of nitro benzene ring substituents is 1. The molecule has 2 N–H and O–H groups in total. The van der Waals surface area contributed by atoms with E-state index < -0.39 is 22.4 Å². The lowest BCUT2D eigenvalue weighted by molar-refractivity contribution is -0.383. The largest absolute Gasteiger partial charge is 0.420 e. The summed E-state index contributed by atoms with van der Waals surface area (Å²) in [5, 5.41) is 10.7. The van der Waals surface area contributed by atoms with Crippen molar-refractivity contribution in [1.29, 1.82) is 0 Å². The second-order valence-corrected chi connectivity index (χ2v) is 3.85. The van der Waals surface area contributed by atoms with Crippen LogP contribution in [0.4, 0.5) is 15.8 Å². The number of rotatable bonds is 3. The van der Waals surface area contributed by atoms with Gasteiger partial charge in [0.1, 0.15) is 5.69 Å². The number of para-hydroxylation sites is 1. The lowest BCUT2D eigenvalue weighted by Gasteiger charge is -2.05. The number of nitrogen functional groups attached to an aromatic ring is 1. The van der Waals surface area contributed by atoms with Gasteiger partial charge in [-0.2, -0.15) is 0 Å². The van der Waals surface area contributed by atoms with Crippen LogP contribution >= 0.6 is 0 Å². The molecule has 0 bridgehead atoms. The van der Waals surface area contributed by atoms with Gasteiger partial charge in [0.15, 0.2) is 11.6 Å². The fourth-order valence-electron chi connectivity index (χ4n) is 1.52. The predicted molar refractivity (Wildman–Crippen MR) is 68.9 cm³/mol. The zero-order chi connectivity index (χ0) is 14.7. The van der Waals surface area contributed by atoms with E-state index in [1.54, 1.807) is 0 Å².